The van der Waals surface area contributed by atoms with E-state index in [0.29, 0.717) is 11.9 Å². The van der Waals surface area contributed by atoms with E-state index in [1.54, 1.807) is 6.33 Å². The van der Waals surface area contributed by atoms with Gasteiger partial charge in [0.15, 0.2) is 0 Å². The second-order valence-electron chi connectivity index (χ2n) is 5.20. The molecule has 19 heavy (non-hydrogen) atoms. The molecular weight excluding hydrogens is 306 g/mol. The van der Waals surface area contributed by atoms with Crippen LogP contribution in [0.1, 0.15) is 39.5 Å². The third-order valence-corrected chi connectivity index (χ3v) is 3.72. The number of hydrogen-bond acceptors (Lipinski definition) is 4. The number of nitrogens with zero attached hydrogens (tertiary/aromatic N) is 3. The van der Waals surface area contributed by atoms with Gasteiger partial charge in [-0.1, -0.05) is 28.8 Å². The van der Waals surface area contributed by atoms with Gasteiger partial charge in [0, 0.05) is 24.0 Å². The Morgan fingerprint density at radius 2 is 2.11 bits per heavy atom. The molecule has 106 valence electrons. The van der Waals surface area contributed by atoms with Crippen LogP contribution in [0.25, 0.3) is 0 Å². The van der Waals surface area contributed by atoms with Gasteiger partial charge in [0.25, 0.3) is 0 Å². The molecule has 2 rings (SSSR count). The molecule has 1 aliphatic rings. The van der Waals surface area contributed by atoms with Crippen LogP contribution in [0.5, 0.6) is 5.88 Å². The van der Waals surface area contributed by atoms with Crippen molar-refractivity contribution in [2.75, 3.05) is 16.8 Å². The average molecular weight is 328 g/mol. The zero-order valence-electron chi connectivity index (χ0n) is 11.7. The lowest BCUT2D eigenvalue weighted by Crippen LogP contribution is -2.35. The monoisotopic (exact) mass is 327 g/mol. The number of alkyl halides is 1. The van der Waals surface area contributed by atoms with Gasteiger partial charge in [0.2, 0.25) is 5.88 Å². The molecule has 0 aliphatic heterocycles. The Balaban J connectivity index is 2.15. The summed E-state index contributed by atoms with van der Waals surface area (Å²) in [6.45, 7) is 4.99. The minimum absolute atomic E-state index is 0.138. The van der Waals surface area contributed by atoms with Crippen LogP contribution < -0.4 is 9.64 Å². The first kappa shape index (κ1) is 14.6. The molecular formula is C14H22BrN3O. The van der Waals surface area contributed by atoms with Gasteiger partial charge in [-0.2, -0.15) is 0 Å². The van der Waals surface area contributed by atoms with Gasteiger partial charge < -0.3 is 9.64 Å². The van der Waals surface area contributed by atoms with Crippen molar-refractivity contribution < 1.29 is 4.74 Å². The Bertz CT molecular complexity index is 394. The fraction of sp³-hybridized carbons (Fsp3) is 0.714. The summed E-state index contributed by atoms with van der Waals surface area (Å²) >= 11 is 3.54. The van der Waals surface area contributed by atoms with E-state index < -0.39 is 0 Å². The Labute approximate surface area is 123 Å². The van der Waals surface area contributed by atoms with Crippen molar-refractivity contribution in [2.24, 2.45) is 0 Å². The van der Waals surface area contributed by atoms with Crippen molar-refractivity contribution in [1.29, 1.82) is 0 Å². The van der Waals surface area contributed by atoms with Crippen LogP contribution in [0.15, 0.2) is 12.4 Å². The lowest BCUT2D eigenvalue weighted by Gasteiger charge is -2.29. The molecule has 1 fully saturated rings. The summed E-state index contributed by atoms with van der Waals surface area (Å²) in [5.41, 5.74) is 0. The lowest BCUT2D eigenvalue weighted by atomic mass is 10.2. The number of aromatic nitrogens is 2. The highest BCUT2D eigenvalue weighted by Crippen LogP contribution is 2.28. The fourth-order valence-electron chi connectivity index (χ4n) is 2.58. The number of halogens is 1. The van der Waals surface area contributed by atoms with E-state index >= 15 is 0 Å². The van der Waals surface area contributed by atoms with Crippen LogP contribution in [0.2, 0.25) is 0 Å². The predicted octanol–water partition coefficient (Wildman–Crippen LogP) is 3.41. The summed E-state index contributed by atoms with van der Waals surface area (Å²) in [6.07, 6.45) is 6.91. The predicted molar refractivity (Wildman–Crippen MR) is 81.2 cm³/mol. The maximum atomic E-state index is 5.66. The van der Waals surface area contributed by atoms with Crippen molar-refractivity contribution in [3.8, 4) is 5.88 Å². The van der Waals surface area contributed by atoms with E-state index in [4.69, 9.17) is 4.74 Å². The number of anilines is 1. The van der Waals surface area contributed by atoms with Gasteiger partial charge >= 0.3 is 0 Å². The SMILES string of the molecule is CC(C)Oc1cc(N(CCBr)C2CCCC2)ncn1. The van der Waals surface area contributed by atoms with Gasteiger partial charge in [-0.15, -0.1) is 0 Å². The van der Waals surface area contributed by atoms with E-state index in [1.165, 1.54) is 25.7 Å². The molecule has 1 aromatic rings. The summed E-state index contributed by atoms with van der Waals surface area (Å²) in [7, 11) is 0. The fourth-order valence-corrected chi connectivity index (χ4v) is 2.97. The number of rotatable bonds is 6. The molecule has 0 radical (unpaired) electrons. The van der Waals surface area contributed by atoms with Crippen LogP contribution in [0, 0.1) is 0 Å². The standard InChI is InChI=1S/C14H22BrN3O/c1-11(2)19-14-9-13(16-10-17-14)18(8-7-15)12-5-3-4-6-12/h9-12H,3-8H2,1-2H3. The molecule has 0 atom stereocenters. The highest BCUT2D eigenvalue weighted by Gasteiger charge is 2.23. The van der Waals surface area contributed by atoms with Gasteiger partial charge in [-0.3, -0.25) is 0 Å². The minimum Gasteiger partial charge on any atom is -0.475 e. The summed E-state index contributed by atoms with van der Waals surface area (Å²) in [5.74, 6) is 1.65. The molecule has 1 aromatic heterocycles. The topological polar surface area (TPSA) is 38.2 Å². The van der Waals surface area contributed by atoms with Crippen LogP contribution in [-0.2, 0) is 0 Å². The van der Waals surface area contributed by atoms with Crippen molar-refractivity contribution in [3.05, 3.63) is 12.4 Å². The van der Waals surface area contributed by atoms with Crippen LogP contribution in [0.3, 0.4) is 0 Å². The second kappa shape index (κ2) is 7.08. The Morgan fingerprint density at radius 3 is 2.74 bits per heavy atom. The van der Waals surface area contributed by atoms with E-state index in [2.05, 4.69) is 30.8 Å². The first-order chi connectivity index (χ1) is 9.20. The molecule has 1 saturated carbocycles. The zero-order valence-corrected chi connectivity index (χ0v) is 13.3. The largest absolute Gasteiger partial charge is 0.475 e. The molecule has 0 aromatic carbocycles. The summed E-state index contributed by atoms with van der Waals surface area (Å²) < 4.78 is 5.66. The molecule has 0 unspecified atom stereocenters. The third kappa shape index (κ3) is 4.06. The molecule has 5 heteroatoms. The van der Waals surface area contributed by atoms with Crippen LogP contribution in [0.4, 0.5) is 5.82 Å². The van der Waals surface area contributed by atoms with Crippen LogP contribution >= 0.6 is 15.9 Å². The Hall–Kier alpha value is -0.840. The van der Waals surface area contributed by atoms with E-state index in [9.17, 15) is 0 Å². The highest BCUT2D eigenvalue weighted by molar-refractivity contribution is 9.09. The summed E-state index contributed by atoms with van der Waals surface area (Å²) in [5, 5.41) is 0.952. The quantitative estimate of drug-likeness (QED) is 0.750. The summed E-state index contributed by atoms with van der Waals surface area (Å²) in [6, 6.07) is 2.57. The van der Waals surface area contributed by atoms with Crippen LogP contribution in [-0.4, -0.2) is 34.0 Å². The van der Waals surface area contributed by atoms with Gasteiger partial charge in [-0.25, -0.2) is 9.97 Å². The van der Waals surface area contributed by atoms with Crippen molar-refractivity contribution >= 4 is 21.7 Å². The highest BCUT2D eigenvalue weighted by atomic mass is 79.9. The Kier molecular flexibility index (Phi) is 5.43. The van der Waals surface area contributed by atoms with Crippen molar-refractivity contribution in [3.63, 3.8) is 0 Å². The van der Waals surface area contributed by atoms with E-state index in [1.807, 2.05) is 19.9 Å². The molecule has 0 bridgehead atoms. The number of hydrogen-bond donors (Lipinski definition) is 0. The second-order valence-corrected chi connectivity index (χ2v) is 5.99. The average Bonchev–Trinajstić information content (AvgIpc) is 2.89. The van der Waals surface area contributed by atoms with Gasteiger partial charge in [0.05, 0.1) is 6.10 Å². The maximum absolute atomic E-state index is 5.66. The molecule has 4 nitrogen and oxygen atoms in total. The molecule has 1 heterocycles. The summed E-state index contributed by atoms with van der Waals surface area (Å²) in [4.78, 5) is 11.0. The van der Waals surface area contributed by atoms with E-state index in [-0.39, 0.29) is 6.10 Å². The molecule has 0 N–H and O–H groups in total. The minimum atomic E-state index is 0.138. The smallest absolute Gasteiger partial charge is 0.218 e. The Morgan fingerprint density at radius 1 is 1.37 bits per heavy atom. The normalized spacial score (nSPS) is 16.0. The van der Waals surface area contributed by atoms with Crippen molar-refractivity contribution in [2.45, 2.75) is 51.7 Å². The van der Waals surface area contributed by atoms with Gasteiger partial charge in [0.1, 0.15) is 12.1 Å². The maximum Gasteiger partial charge on any atom is 0.218 e. The zero-order chi connectivity index (χ0) is 13.7. The lowest BCUT2D eigenvalue weighted by molar-refractivity contribution is 0.232. The first-order valence-corrected chi connectivity index (χ1v) is 8.14. The molecule has 1 aliphatic carbocycles. The molecule has 0 spiro atoms. The number of ether oxygens (including phenoxy) is 1. The molecule has 0 amide bonds. The van der Waals surface area contributed by atoms with E-state index in [0.717, 1.165) is 17.7 Å². The van der Waals surface area contributed by atoms with Gasteiger partial charge in [-0.05, 0) is 26.7 Å². The third-order valence-electron chi connectivity index (χ3n) is 3.37. The molecule has 0 saturated heterocycles. The van der Waals surface area contributed by atoms with Crippen molar-refractivity contribution in [1.82, 2.24) is 9.97 Å². The first-order valence-electron chi connectivity index (χ1n) is 7.02.